The zero-order valence-corrected chi connectivity index (χ0v) is 10.7. The molecule has 1 fully saturated rings. The average Bonchev–Trinajstić information content (AvgIpc) is 2.41. The number of aliphatic hydroxyl groups is 1. The van der Waals surface area contributed by atoms with Crippen LogP contribution >= 0.6 is 0 Å². The summed E-state index contributed by atoms with van der Waals surface area (Å²) in [6.45, 7) is 2.77. The molecule has 104 valence electrons. The third-order valence-electron chi connectivity index (χ3n) is 3.25. The number of nitrogen functional groups attached to an aromatic ring is 1. The molecule has 0 aromatic heterocycles. The van der Waals surface area contributed by atoms with Crippen LogP contribution in [0.15, 0.2) is 18.2 Å². The molecule has 0 spiro atoms. The molecule has 0 aliphatic carbocycles. The Balaban J connectivity index is 2.04. The van der Waals surface area contributed by atoms with E-state index in [0.717, 1.165) is 12.1 Å². The van der Waals surface area contributed by atoms with E-state index in [-0.39, 0.29) is 12.7 Å². The molecule has 0 saturated carbocycles. The van der Waals surface area contributed by atoms with Gasteiger partial charge in [0, 0.05) is 30.9 Å². The smallest absolute Gasteiger partial charge is 0.248 e. The number of benzene rings is 1. The number of carbonyl (C=O) groups is 1. The minimum atomic E-state index is -0.482. The second kappa shape index (κ2) is 6.01. The number of rotatable bonds is 4. The van der Waals surface area contributed by atoms with E-state index in [1.165, 1.54) is 0 Å². The van der Waals surface area contributed by atoms with Gasteiger partial charge in [-0.15, -0.1) is 0 Å². The van der Waals surface area contributed by atoms with Crippen molar-refractivity contribution in [1.82, 2.24) is 4.90 Å². The summed E-state index contributed by atoms with van der Waals surface area (Å²) in [6.07, 6.45) is -0.139. The number of amides is 1. The number of nitrogens with zero attached hydrogens (tertiary/aromatic N) is 1. The summed E-state index contributed by atoms with van der Waals surface area (Å²) >= 11 is 0. The minimum Gasteiger partial charge on any atom is -0.398 e. The van der Waals surface area contributed by atoms with E-state index in [4.69, 9.17) is 21.3 Å². The molecule has 0 radical (unpaired) electrons. The van der Waals surface area contributed by atoms with Gasteiger partial charge in [-0.05, 0) is 17.7 Å². The van der Waals surface area contributed by atoms with Crippen molar-refractivity contribution in [2.45, 2.75) is 12.6 Å². The van der Waals surface area contributed by atoms with E-state index in [9.17, 15) is 4.79 Å². The first-order valence-electron chi connectivity index (χ1n) is 6.23. The summed E-state index contributed by atoms with van der Waals surface area (Å²) in [6, 6.07) is 5.10. The Labute approximate surface area is 111 Å². The van der Waals surface area contributed by atoms with Crippen LogP contribution in [-0.4, -0.2) is 48.3 Å². The van der Waals surface area contributed by atoms with Crippen molar-refractivity contribution in [3.05, 3.63) is 29.3 Å². The SMILES string of the molecule is NC(=O)c1ccc(CN2CCOC(CO)C2)c(N)c1. The van der Waals surface area contributed by atoms with Gasteiger partial charge in [0.15, 0.2) is 0 Å². The topological polar surface area (TPSA) is 102 Å². The molecule has 1 unspecified atom stereocenters. The summed E-state index contributed by atoms with van der Waals surface area (Å²) in [5, 5.41) is 9.10. The van der Waals surface area contributed by atoms with Crippen molar-refractivity contribution in [3.8, 4) is 0 Å². The number of anilines is 1. The number of aliphatic hydroxyl groups excluding tert-OH is 1. The molecule has 5 N–H and O–H groups in total. The molecule has 1 amide bonds. The van der Waals surface area contributed by atoms with Crippen LogP contribution in [0.4, 0.5) is 5.69 Å². The van der Waals surface area contributed by atoms with Crippen LogP contribution in [0.1, 0.15) is 15.9 Å². The van der Waals surface area contributed by atoms with Crippen LogP contribution in [0.3, 0.4) is 0 Å². The highest BCUT2D eigenvalue weighted by molar-refractivity contribution is 5.93. The third-order valence-corrected chi connectivity index (χ3v) is 3.25. The summed E-state index contributed by atoms with van der Waals surface area (Å²) in [7, 11) is 0. The molecular formula is C13H19N3O3. The van der Waals surface area contributed by atoms with E-state index < -0.39 is 5.91 Å². The van der Waals surface area contributed by atoms with Gasteiger partial charge >= 0.3 is 0 Å². The molecule has 2 rings (SSSR count). The molecular weight excluding hydrogens is 246 g/mol. The Morgan fingerprint density at radius 1 is 1.53 bits per heavy atom. The van der Waals surface area contributed by atoms with Gasteiger partial charge in [0.25, 0.3) is 0 Å². The Hall–Kier alpha value is -1.63. The third kappa shape index (κ3) is 3.44. The van der Waals surface area contributed by atoms with Gasteiger partial charge in [-0.2, -0.15) is 0 Å². The number of carbonyl (C=O) groups excluding carboxylic acids is 1. The first kappa shape index (κ1) is 13.8. The molecule has 1 aliphatic rings. The van der Waals surface area contributed by atoms with Crippen molar-refractivity contribution < 1.29 is 14.6 Å². The molecule has 1 aliphatic heterocycles. The lowest BCUT2D eigenvalue weighted by molar-refractivity contribution is -0.0550. The quantitative estimate of drug-likeness (QED) is 0.641. The summed E-state index contributed by atoms with van der Waals surface area (Å²) in [5.74, 6) is -0.482. The molecule has 19 heavy (non-hydrogen) atoms. The Kier molecular flexibility index (Phi) is 4.36. The van der Waals surface area contributed by atoms with Gasteiger partial charge in [0.1, 0.15) is 0 Å². The fourth-order valence-corrected chi connectivity index (χ4v) is 2.17. The molecule has 1 aromatic carbocycles. The van der Waals surface area contributed by atoms with Crippen LogP contribution in [0.5, 0.6) is 0 Å². The van der Waals surface area contributed by atoms with Crippen molar-refractivity contribution in [2.75, 3.05) is 32.0 Å². The second-order valence-corrected chi connectivity index (χ2v) is 4.69. The normalized spacial score (nSPS) is 20.4. The predicted molar refractivity (Wildman–Crippen MR) is 71.5 cm³/mol. The van der Waals surface area contributed by atoms with Crippen LogP contribution in [0.25, 0.3) is 0 Å². The predicted octanol–water partition coefficient (Wildman–Crippen LogP) is -0.439. The highest BCUT2D eigenvalue weighted by Gasteiger charge is 2.20. The first-order valence-corrected chi connectivity index (χ1v) is 6.23. The Bertz CT molecular complexity index is 464. The highest BCUT2D eigenvalue weighted by Crippen LogP contribution is 2.18. The number of primary amides is 1. The first-order chi connectivity index (χ1) is 9.10. The van der Waals surface area contributed by atoms with Gasteiger partial charge in [-0.3, -0.25) is 9.69 Å². The lowest BCUT2D eigenvalue weighted by Gasteiger charge is -2.32. The lowest BCUT2D eigenvalue weighted by Crippen LogP contribution is -2.43. The fraction of sp³-hybridized carbons (Fsp3) is 0.462. The molecule has 1 atom stereocenters. The van der Waals surface area contributed by atoms with Crippen molar-refractivity contribution in [2.24, 2.45) is 5.73 Å². The number of hydrogen-bond acceptors (Lipinski definition) is 5. The monoisotopic (exact) mass is 265 g/mol. The minimum absolute atomic E-state index is 0.0204. The van der Waals surface area contributed by atoms with E-state index in [1.807, 2.05) is 6.07 Å². The zero-order valence-electron chi connectivity index (χ0n) is 10.7. The van der Waals surface area contributed by atoms with Crippen LogP contribution < -0.4 is 11.5 Å². The van der Waals surface area contributed by atoms with Gasteiger partial charge in [-0.25, -0.2) is 0 Å². The van der Waals surface area contributed by atoms with Crippen LogP contribution in [-0.2, 0) is 11.3 Å². The highest BCUT2D eigenvalue weighted by atomic mass is 16.5. The fourth-order valence-electron chi connectivity index (χ4n) is 2.17. The van der Waals surface area contributed by atoms with Crippen molar-refractivity contribution >= 4 is 11.6 Å². The number of morpholine rings is 1. The van der Waals surface area contributed by atoms with Gasteiger partial charge in [0.05, 0.1) is 19.3 Å². The van der Waals surface area contributed by atoms with E-state index in [1.54, 1.807) is 12.1 Å². The van der Waals surface area contributed by atoms with E-state index in [0.29, 0.717) is 30.9 Å². The van der Waals surface area contributed by atoms with E-state index >= 15 is 0 Å². The maximum atomic E-state index is 11.0. The number of nitrogens with two attached hydrogens (primary N) is 2. The average molecular weight is 265 g/mol. The van der Waals surface area contributed by atoms with E-state index in [2.05, 4.69) is 4.90 Å². The largest absolute Gasteiger partial charge is 0.398 e. The lowest BCUT2D eigenvalue weighted by atomic mass is 10.1. The Morgan fingerprint density at radius 3 is 2.95 bits per heavy atom. The van der Waals surface area contributed by atoms with Crippen molar-refractivity contribution in [3.63, 3.8) is 0 Å². The number of ether oxygens (including phenoxy) is 1. The summed E-state index contributed by atoms with van der Waals surface area (Å²) < 4.78 is 5.39. The molecule has 6 nitrogen and oxygen atoms in total. The maximum Gasteiger partial charge on any atom is 0.248 e. The molecule has 1 heterocycles. The molecule has 6 heteroatoms. The second-order valence-electron chi connectivity index (χ2n) is 4.69. The summed E-state index contributed by atoms with van der Waals surface area (Å²) in [5.41, 5.74) is 13.1. The van der Waals surface area contributed by atoms with Crippen LogP contribution in [0.2, 0.25) is 0 Å². The molecule has 0 bridgehead atoms. The number of hydrogen-bond donors (Lipinski definition) is 3. The van der Waals surface area contributed by atoms with Crippen LogP contribution in [0, 0.1) is 0 Å². The summed E-state index contributed by atoms with van der Waals surface area (Å²) in [4.78, 5) is 13.2. The van der Waals surface area contributed by atoms with Gasteiger partial charge in [-0.1, -0.05) is 6.07 Å². The zero-order chi connectivity index (χ0) is 13.8. The Morgan fingerprint density at radius 2 is 2.32 bits per heavy atom. The maximum absolute atomic E-state index is 11.0. The molecule has 1 saturated heterocycles. The van der Waals surface area contributed by atoms with Gasteiger partial charge in [0.2, 0.25) is 5.91 Å². The van der Waals surface area contributed by atoms with Crippen molar-refractivity contribution in [1.29, 1.82) is 0 Å². The standard InChI is InChI=1S/C13H19N3O3/c14-12-5-9(13(15)18)1-2-10(12)6-16-3-4-19-11(7-16)8-17/h1-2,5,11,17H,3-4,6-8,14H2,(H2,15,18). The molecule has 1 aromatic rings. The van der Waals surface area contributed by atoms with Gasteiger partial charge < -0.3 is 21.3 Å².